The molecule has 0 aromatic heterocycles. The highest BCUT2D eigenvalue weighted by atomic mass is 16.5. The highest BCUT2D eigenvalue weighted by molar-refractivity contribution is 5.59. The first kappa shape index (κ1) is 16.0. The maximum absolute atomic E-state index is 5.91. The number of ether oxygens (including phenoxy) is 3. The first-order valence-electron chi connectivity index (χ1n) is 7.31. The van der Waals surface area contributed by atoms with E-state index >= 15 is 0 Å². The van der Waals surface area contributed by atoms with Crippen molar-refractivity contribution in [3.8, 4) is 17.2 Å². The van der Waals surface area contributed by atoms with E-state index in [-0.39, 0.29) is 6.10 Å². The van der Waals surface area contributed by atoms with Crippen molar-refractivity contribution in [3.05, 3.63) is 48.0 Å². The molecule has 22 heavy (non-hydrogen) atoms. The Balaban J connectivity index is 1.97. The van der Waals surface area contributed by atoms with Gasteiger partial charge in [0, 0.05) is 6.07 Å². The number of benzene rings is 2. The second kappa shape index (κ2) is 7.59. The van der Waals surface area contributed by atoms with Gasteiger partial charge in [-0.1, -0.05) is 12.1 Å². The predicted molar refractivity (Wildman–Crippen MR) is 89.3 cm³/mol. The number of methoxy groups -OCH3 is 2. The van der Waals surface area contributed by atoms with Crippen molar-refractivity contribution in [3.63, 3.8) is 0 Å². The van der Waals surface area contributed by atoms with Gasteiger partial charge in [0.2, 0.25) is 0 Å². The molecule has 0 fully saturated rings. The molecule has 0 aliphatic heterocycles. The molecule has 0 amide bonds. The monoisotopic (exact) mass is 301 g/mol. The maximum Gasteiger partial charge on any atom is 0.142 e. The molecule has 4 heteroatoms. The van der Waals surface area contributed by atoms with Gasteiger partial charge in [-0.05, 0) is 43.7 Å². The van der Waals surface area contributed by atoms with Crippen LogP contribution in [0.1, 0.15) is 12.5 Å². The maximum atomic E-state index is 5.91. The summed E-state index contributed by atoms with van der Waals surface area (Å²) >= 11 is 0. The molecule has 1 unspecified atom stereocenters. The van der Waals surface area contributed by atoms with Gasteiger partial charge < -0.3 is 19.5 Å². The minimum atomic E-state index is 0.0257. The van der Waals surface area contributed by atoms with Crippen molar-refractivity contribution in [1.82, 2.24) is 0 Å². The zero-order valence-corrected chi connectivity index (χ0v) is 13.6. The summed E-state index contributed by atoms with van der Waals surface area (Å²) in [5.41, 5.74) is 2.08. The van der Waals surface area contributed by atoms with Crippen LogP contribution >= 0.6 is 0 Å². The fraction of sp³-hybridized carbons (Fsp3) is 0.333. The smallest absolute Gasteiger partial charge is 0.142 e. The van der Waals surface area contributed by atoms with Crippen LogP contribution in [-0.2, 0) is 0 Å². The minimum Gasteiger partial charge on any atom is -0.497 e. The summed E-state index contributed by atoms with van der Waals surface area (Å²) in [6.07, 6.45) is 0.0257. The molecule has 2 rings (SSSR count). The first-order chi connectivity index (χ1) is 10.6. The summed E-state index contributed by atoms with van der Waals surface area (Å²) in [7, 11) is 3.30. The molecule has 0 saturated heterocycles. The molecule has 0 aliphatic carbocycles. The largest absolute Gasteiger partial charge is 0.497 e. The van der Waals surface area contributed by atoms with Crippen LogP contribution in [0.5, 0.6) is 17.2 Å². The summed E-state index contributed by atoms with van der Waals surface area (Å²) in [5.74, 6) is 2.45. The molecule has 2 aromatic rings. The van der Waals surface area contributed by atoms with Crippen LogP contribution in [0.3, 0.4) is 0 Å². The van der Waals surface area contributed by atoms with Crippen molar-refractivity contribution in [2.24, 2.45) is 0 Å². The number of hydrogen-bond acceptors (Lipinski definition) is 4. The lowest BCUT2D eigenvalue weighted by atomic mass is 10.2. The van der Waals surface area contributed by atoms with Crippen LogP contribution in [-0.4, -0.2) is 26.9 Å². The average molecular weight is 301 g/mol. The van der Waals surface area contributed by atoms with Crippen molar-refractivity contribution < 1.29 is 14.2 Å². The van der Waals surface area contributed by atoms with Gasteiger partial charge in [0.15, 0.2) is 0 Å². The number of hydrogen-bond donors (Lipinski definition) is 1. The Hall–Kier alpha value is -2.36. The highest BCUT2D eigenvalue weighted by Crippen LogP contribution is 2.28. The second-order valence-electron chi connectivity index (χ2n) is 5.19. The van der Waals surface area contributed by atoms with E-state index in [4.69, 9.17) is 14.2 Å². The number of aryl methyl sites for hydroxylation is 1. The topological polar surface area (TPSA) is 39.7 Å². The van der Waals surface area contributed by atoms with Gasteiger partial charge in [0.25, 0.3) is 0 Å². The van der Waals surface area contributed by atoms with Gasteiger partial charge >= 0.3 is 0 Å². The molecule has 4 nitrogen and oxygen atoms in total. The molecule has 118 valence electrons. The Morgan fingerprint density at radius 2 is 1.82 bits per heavy atom. The van der Waals surface area contributed by atoms with E-state index in [1.165, 1.54) is 5.56 Å². The molecule has 0 aliphatic rings. The van der Waals surface area contributed by atoms with E-state index in [0.717, 1.165) is 22.9 Å². The van der Waals surface area contributed by atoms with Gasteiger partial charge in [0.05, 0.1) is 26.5 Å². The Morgan fingerprint density at radius 1 is 1.00 bits per heavy atom. The van der Waals surface area contributed by atoms with E-state index in [9.17, 15) is 0 Å². The standard InChI is InChI=1S/C18H23NO3/c1-13-6-5-7-16(10-13)22-14(2)12-19-17-11-15(20-3)8-9-18(17)21-4/h5-11,14,19H,12H2,1-4H3. The van der Waals surface area contributed by atoms with E-state index < -0.39 is 0 Å². The summed E-state index contributed by atoms with van der Waals surface area (Å²) in [6.45, 7) is 4.75. The van der Waals surface area contributed by atoms with Crippen molar-refractivity contribution in [2.45, 2.75) is 20.0 Å². The molecule has 1 atom stereocenters. The van der Waals surface area contributed by atoms with Crippen molar-refractivity contribution >= 4 is 5.69 Å². The highest BCUT2D eigenvalue weighted by Gasteiger charge is 2.08. The third-order valence-electron chi connectivity index (χ3n) is 3.31. The zero-order valence-electron chi connectivity index (χ0n) is 13.6. The fourth-order valence-corrected chi connectivity index (χ4v) is 2.17. The summed E-state index contributed by atoms with van der Waals surface area (Å²) < 4.78 is 16.5. The van der Waals surface area contributed by atoms with Crippen LogP contribution in [0.25, 0.3) is 0 Å². The number of nitrogens with one attached hydrogen (secondary N) is 1. The Labute approximate surface area is 132 Å². The normalized spacial score (nSPS) is 11.6. The first-order valence-corrected chi connectivity index (χ1v) is 7.31. The molecule has 0 saturated carbocycles. The van der Waals surface area contributed by atoms with Gasteiger partial charge in [-0.2, -0.15) is 0 Å². The quantitative estimate of drug-likeness (QED) is 0.842. The van der Waals surface area contributed by atoms with Crippen molar-refractivity contribution in [1.29, 1.82) is 0 Å². The minimum absolute atomic E-state index is 0.0257. The molecular weight excluding hydrogens is 278 g/mol. The number of rotatable bonds is 7. The lowest BCUT2D eigenvalue weighted by Crippen LogP contribution is -2.22. The molecule has 2 aromatic carbocycles. The summed E-state index contributed by atoms with van der Waals surface area (Å²) in [6, 6.07) is 13.7. The average Bonchev–Trinajstić information content (AvgIpc) is 2.52. The third-order valence-corrected chi connectivity index (χ3v) is 3.31. The van der Waals surface area contributed by atoms with E-state index in [1.807, 2.05) is 43.3 Å². The molecule has 0 heterocycles. The van der Waals surface area contributed by atoms with Crippen LogP contribution in [0, 0.1) is 6.92 Å². The molecule has 0 bridgehead atoms. The third kappa shape index (κ3) is 4.32. The number of anilines is 1. The fourth-order valence-electron chi connectivity index (χ4n) is 2.17. The lowest BCUT2D eigenvalue weighted by Gasteiger charge is -2.18. The molecular formula is C18H23NO3. The van der Waals surface area contributed by atoms with Crippen LogP contribution in [0.4, 0.5) is 5.69 Å². The van der Waals surface area contributed by atoms with Gasteiger partial charge in [-0.3, -0.25) is 0 Å². The summed E-state index contributed by atoms with van der Waals surface area (Å²) in [5, 5.41) is 3.34. The SMILES string of the molecule is COc1ccc(OC)c(NCC(C)Oc2cccc(C)c2)c1. The van der Waals surface area contributed by atoms with Gasteiger partial charge in [-0.15, -0.1) is 0 Å². The molecule has 1 N–H and O–H groups in total. The summed E-state index contributed by atoms with van der Waals surface area (Å²) in [4.78, 5) is 0. The lowest BCUT2D eigenvalue weighted by molar-refractivity contribution is 0.234. The Kier molecular flexibility index (Phi) is 5.53. The van der Waals surface area contributed by atoms with Crippen molar-refractivity contribution in [2.75, 3.05) is 26.1 Å². The second-order valence-corrected chi connectivity index (χ2v) is 5.19. The Morgan fingerprint density at radius 3 is 2.50 bits per heavy atom. The van der Waals surface area contributed by atoms with E-state index in [0.29, 0.717) is 6.54 Å². The van der Waals surface area contributed by atoms with E-state index in [1.54, 1.807) is 14.2 Å². The zero-order chi connectivity index (χ0) is 15.9. The van der Waals surface area contributed by atoms with Crippen LogP contribution in [0.2, 0.25) is 0 Å². The van der Waals surface area contributed by atoms with Crippen LogP contribution < -0.4 is 19.5 Å². The molecule has 0 radical (unpaired) electrons. The predicted octanol–water partition coefficient (Wildman–Crippen LogP) is 3.89. The van der Waals surface area contributed by atoms with Gasteiger partial charge in [-0.25, -0.2) is 0 Å². The Bertz CT molecular complexity index is 613. The van der Waals surface area contributed by atoms with Gasteiger partial charge in [0.1, 0.15) is 23.4 Å². The molecule has 0 spiro atoms. The van der Waals surface area contributed by atoms with Crippen LogP contribution in [0.15, 0.2) is 42.5 Å². The van der Waals surface area contributed by atoms with E-state index in [2.05, 4.69) is 18.3 Å².